The summed E-state index contributed by atoms with van der Waals surface area (Å²) in [5.74, 6) is -1.33. The van der Waals surface area contributed by atoms with Crippen molar-refractivity contribution >= 4 is 46.8 Å². The Balaban J connectivity index is 0.000000192. The number of thiazole rings is 2. The van der Waals surface area contributed by atoms with Crippen LogP contribution in [0, 0.1) is 0 Å². The number of carbonyl (C=O) groups excluding carboxylic acids is 1. The maximum absolute atomic E-state index is 11.1. The summed E-state index contributed by atoms with van der Waals surface area (Å²) < 4.78 is 8.22. The number of ether oxygens (including phenoxy) is 1. The average Bonchev–Trinajstić information content (AvgIpc) is 3.59. The van der Waals surface area contributed by atoms with E-state index in [0.29, 0.717) is 12.3 Å². The number of hydrogen-bond donors (Lipinski definition) is 1. The fourth-order valence-electron chi connectivity index (χ4n) is 2.55. The van der Waals surface area contributed by atoms with Crippen LogP contribution in [0.4, 0.5) is 0 Å². The molecule has 1 N–H and O–H groups in total. The first-order valence-electron chi connectivity index (χ1n) is 9.99. The number of carboxylic acids is 1. The number of nitrogens with zero attached hydrogens (tertiary/aromatic N) is 6. The van der Waals surface area contributed by atoms with Gasteiger partial charge in [-0.15, -0.1) is 22.7 Å². The number of carboxylic acid groups (broad SMARTS) is 1. The smallest absolute Gasteiger partial charge is 0.330 e. The second-order valence-corrected chi connectivity index (χ2v) is 8.43. The fourth-order valence-corrected chi connectivity index (χ4v) is 4.08. The van der Waals surface area contributed by atoms with Crippen molar-refractivity contribution in [2.75, 3.05) is 6.61 Å². The van der Waals surface area contributed by atoms with Gasteiger partial charge in [0.1, 0.15) is 10.0 Å². The van der Waals surface area contributed by atoms with E-state index in [1.807, 2.05) is 37.2 Å². The minimum Gasteiger partial charge on any atom is -0.478 e. The van der Waals surface area contributed by atoms with Crippen molar-refractivity contribution in [2.24, 2.45) is 14.1 Å². The molecule has 0 aliphatic carbocycles. The molecule has 0 amide bonds. The lowest BCUT2D eigenvalue weighted by Gasteiger charge is -1.93. The van der Waals surface area contributed by atoms with Gasteiger partial charge in [0.2, 0.25) is 0 Å². The molecule has 10 nitrogen and oxygen atoms in total. The molecule has 0 radical (unpaired) electrons. The summed E-state index contributed by atoms with van der Waals surface area (Å²) in [6.45, 7) is 2.15. The predicted molar refractivity (Wildman–Crippen MR) is 131 cm³/mol. The van der Waals surface area contributed by atoms with Crippen LogP contribution in [-0.2, 0) is 28.4 Å². The van der Waals surface area contributed by atoms with Gasteiger partial charge in [-0.05, 0) is 19.1 Å². The van der Waals surface area contributed by atoms with Gasteiger partial charge in [-0.3, -0.25) is 9.36 Å². The third-order valence-electron chi connectivity index (χ3n) is 4.02. The lowest BCUT2D eigenvalue weighted by Crippen LogP contribution is -1.98. The van der Waals surface area contributed by atoms with Crippen LogP contribution in [0.15, 0.2) is 47.7 Å². The van der Waals surface area contributed by atoms with E-state index < -0.39 is 5.97 Å². The summed E-state index contributed by atoms with van der Waals surface area (Å²) in [6, 6.07) is 0. The molecular formula is C22H22N6O4S2. The summed E-state index contributed by atoms with van der Waals surface area (Å²) in [5.41, 5.74) is 3.29. The van der Waals surface area contributed by atoms with Gasteiger partial charge in [-0.1, -0.05) is 0 Å². The van der Waals surface area contributed by atoms with Gasteiger partial charge in [-0.2, -0.15) is 10.2 Å². The van der Waals surface area contributed by atoms with E-state index in [0.717, 1.165) is 32.9 Å². The van der Waals surface area contributed by atoms with E-state index in [1.165, 1.54) is 34.8 Å². The van der Waals surface area contributed by atoms with Crippen LogP contribution in [0.5, 0.6) is 0 Å². The number of rotatable bonds is 7. The van der Waals surface area contributed by atoms with Crippen molar-refractivity contribution in [2.45, 2.75) is 6.92 Å². The van der Waals surface area contributed by atoms with Gasteiger partial charge in [0.15, 0.2) is 0 Å². The molecule has 0 unspecified atom stereocenters. The molecule has 0 saturated heterocycles. The topological polar surface area (TPSA) is 125 Å². The SMILES string of the molecule is CCOC(=O)/C=C/c1csc(-c2cnn(C)c2)n1.Cn1cc(-c2nc(/C=C/C(=O)O)cs2)cn1. The molecule has 176 valence electrons. The zero-order valence-electron chi connectivity index (χ0n) is 18.7. The van der Waals surface area contributed by atoms with E-state index in [-0.39, 0.29) is 5.97 Å². The van der Waals surface area contributed by atoms with Crippen LogP contribution in [0.3, 0.4) is 0 Å². The Labute approximate surface area is 203 Å². The predicted octanol–water partition coefficient (Wildman–Crippen LogP) is 3.76. The number of aryl methyl sites for hydroxylation is 2. The molecule has 0 saturated carbocycles. The Morgan fingerprint density at radius 1 is 0.941 bits per heavy atom. The molecule has 4 heterocycles. The van der Waals surface area contributed by atoms with Crippen LogP contribution >= 0.6 is 22.7 Å². The molecule has 12 heteroatoms. The highest BCUT2D eigenvalue weighted by Gasteiger charge is 2.06. The van der Waals surface area contributed by atoms with Crippen molar-refractivity contribution in [3.63, 3.8) is 0 Å². The van der Waals surface area contributed by atoms with Crippen LogP contribution in [0.2, 0.25) is 0 Å². The van der Waals surface area contributed by atoms with Crippen molar-refractivity contribution in [3.8, 4) is 21.1 Å². The van der Waals surface area contributed by atoms with Crippen LogP contribution in [-0.4, -0.2) is 53.2 Å². The summed E-state index contributed by atoms with van der Waals surface area (Å²) in [6.07, 6.45) is 12.8. The molecule has 0 aliphatic heterocycles. The van der Waals surface area contributed by atoms with Crippen molar-refractivity contribution in [1.29, 1.82) is 0 Å². The molecule has 0 bridgehead atoms. The lowest BCUT2D eigenvalue weighted by atomic mass is 10.4. The minimum atomic E-state index is -0.976. The maximum Gasteiger partial charge on any atom is 0.330 e. The zero-order chi connectivity index (χ0) is 24.5. The number of aromatic nitrogens is 6. The summed E-state index contributed by atoms with van der Waals surface area (Å²) in [5, 5.41) is 22.0. The monoisotopic (exact) mass is 498 g/mol. The largest absolute Gasteiger partial charge is 0.478 e. The van der Waals surface area contributed by atoms with Gasteiger partial charge in [0.05, 0.1) is 30.4 Å². The zero-order valence-corrected chi connectivity index (χ0v) is 20.3. The first-order valence-corrected chi connectivity index (χ1v) is 11.7. The Morgan fingerprint density at radius 2 is 1.44 bits per heavy atom. The Morgan fingerprint density at radius 3 is 1.85 bits per heavy atom. The molecular weight excluding hydrogens is 476 g/mol. The summed E-state index contributed by atoms with van der Waals surface area (Å²) in [4.78, 5) is 30.2. The van der Waals surface area contributed by atoms with E-state index in [2.05, 4.69) is 20.2 Å². The fraction of sp³-hybridized carbons (Fsp3) is 0.182. The van der Waals surface area contributed by atoms with Crippen LogP contribution < -0.4 is 0 Å². The highest BCUT2D eigenvalue weighted by molar-refractivity contribution is 7.13. The van der Waals surface area contributed by atoms with Crippen LogP contribution in [0.1, 0.15) is 18.3 Å². The van der Waals surface area contributed by atoms with E-state index in [9.17, 15) is 9.59 Å². The van der Waals surface area contributed by atoms with Gasteiger partial charge in [0, 0.05) is 60.5 Å². The summed E-state index contributed by atoms with van der Waals surface area (Å²) in [7, 11) is 3.70. The van der Waals surface area contributed by atoms with E-state index in [1.54, 1.807) is 34.8 Å². The van der Waals surface area contributed by atoms with Gasteiger partial charge in [-0.25, -0.2) is 19.6 Å². The van der Waals surface area contributed by atoms with Crippen molar-refractivity contribution < 1.29 is 19.4 Å². The highest BCUT2D eigenvalue weighted by Crippen LogP contribution is 2.24. The Bertz CT molecular complexity index is 1310. The molecule has 0 aliphatic rings. The molecule has 4 aromatic heterocycles. The lowest BCUT2D eigenvalue weighted by molar-refractivity contribution is -0.137. The van der Waals surface area contributed by atoms with E-state index >= 15 is 0 Å². The molecule has 4 aromatic rings. The number of aliphatic carboxylic acids is 1. The molecule has 34 heavy (non-hydrogen) atoms. The molecule has 0 aromatic carbocycles. The average molecular weight is 499 g/mol. The molecule has 4 rings (SSSR count). The highest BCUT2D eigenvalue weighted by atomic mass is 32.1. The summed E-state index contributed by atoms with van der Waals surface area (Å²) >= 11 is 2.97. The van der Waals surface area contributed by atoms with Gasteiger partial charge < -0.3 is 9.84 Å². The van der Waals surface area contributed by atoms with Crippen molar-refractivity contribution in [1.82, 2.24) is 29.5 Å². The molecule has 0 atom stereocenters. The quantitative estimate of drug-likeness (QED) is 0.302. The van der Waals surface area contributed by atoms with Crippen molar-refractivity contribution in [3.05, 3.63) is 59.1 Å². The Kier molecular flexibility index (Phi) is 8.60. The second-order valence-electron chi connectivity index (χ2n) is 6.72. The number of hydrogen-bond acceptors (Lipinski definition) is 9. The molecule has 0 spiro atoms. The van der Waals surface area contributed by atoms with E-state index in [4.69, 9.17) is 9.84 Å². The first kappa shape index (κ1) is 24.7. The Hall–Kier alpha value is -3.90. The maximum atomic E-state index is 11.1. The van der Waals surface area contributed by atoms with Gasteiger partial charge in [0.25, 0.3) is 0 Å². The normalized spacial score (nSPS) is 11.0. The van der Waals surface area contributed by atoms with Gasteiger partial charge >= 0.3 is 11.9 Å². The second kappa shape index (κ2) is 11.8. The third kappa shape index (κ3) is 7.32. The number of carbonyl (C=O) groups is 2. The third-order valence-corrected chi connectivity index (χ3v) is 5.84. The minimum absolute atomic E-state index is 0.353. The molecule has 0 fully saturated rings. The standard InChI is InChI=1S/C12H13N3O2S.C10H9N3O2S/c1-3-17-11(16)5-4-10-8-18-12(14-10)9-6-13-15(2)7-9;1-13-5-7(4-11-13)10-12-8(6-16-10)2-3-9(14)15/h4-8H,3H2,1-2H3;2-6H,1H3,(H,14,15)/b5-4+;3-2+. The van der Waals surface area contributed by atoms with Crippen LogP contribution in [0.25, 0.3) is 33.3 Å². The first-order chi connectivity index (χ1) is 16.3. The number of esters is 1.